The average Bonchev–Trinajstić information content (AvgIpc) is 2.73. The number of hydrogen-bond acceptors (Lipinski definition) is 4. The summed E-state index contributed by atoms with van der Waals surface area (Å²) < 4.78 is 12.3. The van der Waals surface area contributed by atoms with E-state index in [0.717, 1.165) is 43.2 Å². The zero-order valence-electron chi connectivity index (χ0n) is 22.3. The second kappa shape index (κ2) is 9.43. The fourth-order valence-electron chi connectivity index (χ4n) is 6.35. The average molecular weight is 457 g/mol. The molecule has 0 heterocycles. The third kappa shape index (κ3) is 4.59. The van der Waals surface area contributed by atoms with Crippen LogP contribution in [-0.2, 0) is 21.4 Å². The summed E-state index contributed by atoms with van der Waals surface area (Å²) in [6, 6.07) is 2.24. The van der Waals surface area contributed by atoms with E-state index in [9.17, 15) is 9.59 Å². The normalized spacial score (nSPS) is 23.9. The molecule has 184 valence electrons. The minimum absolute atomic E-state index is 0.0730. The van der Waals surface area contributed by atoms with E-state index >= 15 is 0 Å². The molecule has 0 radical (unpaired) electrons. The van der Waals surface area contributed by atoms with Gasteiger partial charge in [-0.2, -0.15) is 0 Å². The number of fused-ring (bicyclic) bond motifs is 3. The summed E-state index contributed by atoms with van der Waals surface area (Å²) >= 11 is 0. The molecule has 1 fully saturated rings. The molecule has 4 nitrogen and oxygen atoms in total. The van der Waals surface area contributed by atoms with E-state index in [4.69, 9.17) is 9.47 Å². The lowest BCUT2D eigenvalue weighted by Gasteiger charge is -2.56. The zero-order valence-corrected chi connectivity index (χ0v) is 22.3. The molecule has 0 amide bonds. The second-order valence-electron chi connectivity index (χ2n) is 11.9. The van der Waals surface area contributed by atoms with Crippen LogP contribution in [0.1, 0.15) is 117 Å². The first kappa shape index (κ1) is 25.8. The molecule has 33 heavy (non-hydrogen) atoms. The van der Waals surface area contributed by atoms with Crippen LogP contribution in [0.3, 0.4) is 0 Å². The van der Waals surface area contributed by atoms with Gasteiger partial charge in [0, 0.05) is 16.5 Å². The third-order valence-corrected chi connectivity index (χ3v) is 8.20. The van der Waals surface area contributed by atoms with Gasteiger partial charge in [-0.25, -0.2) is 0 Å². The molecule has 1 saturated carbocycles. The first-order chi connectivity index (χ1) is 15.4. The van der Waals surface area contributed by atoms with Crippen molar-refractivity contribution in [3.05, 3.63) is 22.8 Å². The Kier molecular flexibility index (Phi) is 7.36. The van der Waals surface area contributed by atoms with Crippen LogP contribution in [0.2, 0.25) is 0 Å². The summed E-state index contributed by atoms with van der Waals surface area (Å²) in [5.41, 5.74) is 3.51. The van der Waals surface area contributed by atoms with Gasteiger partial charge in [0.1, 0.15) is 0 Å². The van der Waals surface area contributed by atoms with Crippen molar-refractivity contribution in [1.82, 2.24) is 0 Å². The Morgan fingerprint density at radius 1 is 0.970 bits per heavy atom. The van der Waals surface area contributed by atoms with Gasteiger partial charge >= 0.3 is 11.9 Å². The Labute approximate surface area is 200 Å². The smallest absolute Gasteiger partial charge is 0.313 e. The lowest BCUT2D eigenvalue weighted by atomic mass is 9.48. The molecule has 0 spiro atoms. The van der Waals surface area contributed by atoms with Gasteiger partial charge in [0.05, 0.1) is 11.8 Å². The van der Waals surface area contributed by atoms with Crippen molar-refractivity contribution in [2.24, 2.45) is 23.2 Å². The Bertz CT molecular complexity index is 909. The number of benzene rings is 1. The van der Waals surface area contributed by atoms with Gasteiger partial charge in [0.25, 0.3) is 0 Å². The molecule has 0 N–H and O–H groups in total. The summed E-state index contributed by atoms with van der Waals surface area (Å²) in [6.45, 7) is 18.6. The molecule has 0 saturated heterocycles. The molecular weight excluding hydrogens is 412 g/mol. The van der Waals surface area contributed by atoms with Crippen molar-refractivity contribution in [3.63, 3.8) is 0 Å². The molecule has 4 heteroatoms. The van der Waals surface area contributed by atoms with Gasteiger partial charge in [0.2, 0.25) is 0 Å². The number of esters is 2. The van der Waals surface area contributed by atoms with Crippen LogP contribution in [0.25, 0.3) is 0 Å². The number of hydrogen-bond donors (Lipinski definition) is 0. The molecular formula is C29H44O4. The zero-order chi connectivity index (χ0) is 24.7. The number of aryl methyl sites for hydroxylation is 1. The van der Waals surface area contributed by atoms with Crippen LogP contribution in [0, 0.1) is 23.2 Å². The van der Waals surface area contributed by atoms with Crippen molar-refractivity contribution in [3.8, 4) is 11.5 Å². The van der Waals surface area contributed by atoms with Crippen LogP contribution in [0.5, 0.6) is 11.5 Å². The predicted molar refractivity (Wildman–Crippen MR) is 133 cm³/mol. The third-order valence-electron chi connectivity index (χ3n) is 8.20. The quantitative estimate of drug-likeness (QED) is 0.332. The summed E-state index contributed by atoms with van der Waals surface area (Å²) in [7, 11) is 0. The van der Waals surface area contributed by atoms with Crippen LogP contribution < -0.4 is 9.47 Å². The van der Waals surface area contributed by atoms with E-state index in [0.29, 0.717) is 17.4 Å². The minimum Gasteiger partial charge on any atom is -0.422 e. The second-order valence-corrected chi connectivity index (χ2v) is 11.9. The van der Waals surface area contributed by atoms with Crippen LogP contribution in [0.15, 0.2) is 6.07 Å². The van der Waals surface area contributed by atoms with Gasteiger partial charge in [-0.1, -0.05) is 74.8 Å². The number of rotatable bonds is 6. The molecule has 1 aromatic carbocycles. The van der Waals surface area contributed by atoms with Gasteiger partial charge in [-0.3, -0.25) is 9.59 Å². The van der Waals surface area contributed by atoms with Crippen LogP contribution >= 0.6 is 0 Å². The van der Waals surface area contributed by atoms with Crippen molar-refractivity contribution >= 4 is 11.9 Å². The lowest BCUT2D eigenvalue weighted by Crippen LogP contribution is -2.49. The first-order valence-electron chi connectivity index (χ1n) is 13.0. The van der Waals surface area contributed by atoms with E-state index < -0.39 is 0 Å². The van der Waals surface area contributed by atoms with Gasteiger partial charge < -0.3 is 9.47 Å². The molecule has 3 rings (SSSR count). The maximum Gasteiger partial charge on any atom is 0.313 e. The molecule has 2 aliphatic rings. The maximum atomic E-state index is 13.0. The predicted octanol–water partition coefficient (Wildman–Crippen LogP) is 7.35. The van der Waals surface area contributed by atoms with Gasteiger partial charge in [0.15, 0.2) is 11.5 Å². The summed E-state index contributed by atoms with van der Waals surface area (Å²) in [5, 5.41) is 0. The highest BCUT2D eigenvalue weighted by Gasteiger charge is 2.53. The van der Waals surface area contributed by atoms with Crippen LogP contribution in [-0.4, -0.2) is 11.9 Å². The molecule has 0 aromatic heterocycles. The maximum absolute atomic E-state index is 13.0. The van der Waals surface area contributed by atoms with Crippen molar-refractivity contribution in [1.29, 1.82) is 0 Å². The number of carbonyl (C=O) groups excluding carboxylic acids is 2. The summed E-state index contributed by atoms with van der Waals surface area (Å²) in [5.74, 6) is 0.532. The van der Waals surface area contributed by atoms with Gasteiger partial charge in [-0.05, 0) is 54.9 Å². The molecule has 0 unspecified atom stereocenters. The van der Waals surface area contributed by atoms with Crippen LogP contribution in [0.4, 0.5) is 0 Å². The van der Waals surface area contributed by atoms with Crippen molar-refractivity contribution in [2.75, 3.05) is 0 Å². The summed E-state index contributed by atoms with van der Waals surface area (Å²) in [4.78, 5) is 25.8. The minimum atomic E-state index is -0.291. The molecule has 2 aliphatic carbocycles. The first-order valence-corrected chi connectivity index (χ1v) is 13.0. The fourth-order valence-corrected chi connectivity index (χ4v) is 6.35. The Balaban J connectivity index is 2.35. The largest absolute Gasteiger partial charge is 0.422 e. The van der Waals surface area contributed by atoms with Crippen molar-refractivity contribution in [2.45, 2.75) is 112 Å². The highest BCUT2D eigenvalue weighted by molar-refractivity contribution is 5.80. The highest BCUT2D eigenvalue weighted by atomic mass is 16.6. The van der Waals surface area contributed by atoms with E-state index in [1.807, 2.05) is 27.7 Å². The van der Waals surface area contributed by atoms with E-state index in [-0.39, 0.29) is 40.5 Å². The number of ether oxygens (including phenoxy) is 2. The lowest BCUT2D eigenvalue weighted by molar-refractivity contribution is -0.140. The Morgan fingerprint density at radius 3 is 2.06 bits per heavy atom. The Morgan fingerprint density at radius 2 is 1.55 bits per heavy atom. The molecule has 0 bridgehead atoms. The summed E-state index contributed by atoms with van der Waals surface area (Å²) in [6.07, 6.45) is 6.55. The van der Waals surface area contributed by atoms with Gasteiger partial charge in [-0.15, -0.1) is 0 Å². The molecule has 0 aliphatic heterocycles. The van der Waals surface area contributed by atoms with Crippen molar-refractivity contribution < 1.29 is 19.1 Å². The van der Waals surface area contributed by atoms with E-state index in [1.165, 1.54) is 12.0 Å². The monoisotopic (exact) mass is 456 g/mol. The molecule has 2 atom stereocenters. The van der Waals surface area contributed by atoms with E-state index in [1.54, 1.807) is 0 Å². The van der Waals surface area contributed by atoms with E-state index in [2.05, 4.69) is 40.7 Å². The highest BCUT2D eigenvalue weighted by Crippen LogP contribution is 2.62. The molecule has 1 aromatic rings. The Hall–Kier alpha value is -1.84. The number of carbonyl (C=O) groups is 2. The fraction of sp³-hybridized carbons (Fsp3) is 0.724. The SMILES string of the molecule is CC[C@]12CCCC(C)(C)[C@@H]1CCc1cc(C(C)C)c(OC(=O)C(C)C)c(OC(=O)C(C)C)c12. The standard InChI is InChI=1S/C29H44O4/c1-10-29-15-11-14-28(8,9)22(29)13-12-20-16-21(17(2)3)24(32-26(30)18(4)5)25(23(20)29)33-27(31)19(6)7/h16-19,22H,10-15H2,1-9H3/t22-,29-/m0/s1. The topological polar surface area (TPSA) is 52.6 Å².